The summed E-state index contributed by atoms with van der Waals surface area (Å²) >= 11 is 0. The summed E-state index contributed by atoms with van der Waals surface area (Å²) in [5, 5.41) is 3.22. The first kappa shape index (κ1) is 28.9. The van der Waals surface area contributed by atoms with Gasteiger partial charge in [0.25, 0.3) is 0 Å². The van der Waals surface area contributed by atoms with Crippen LogP contribution in [-0.4, -0.2) is 61.1 Å². The van der Waals surface area contributed by atoms with E-state index in [1.54, 1.807) is 25.3 Å². The minimum absolute atomic E-state index is 0.117. The van der Waals surface area contributed by atoms with Crippen LogP contribution in [0.3, 0.4) is 0 Å². The number of ether oxygens (including phenoxy) is 3. The monoisotopic (exact) mass is 560 g/mol. The van der Waals surface area contributed by atoms with Gasteiger partial charge in [0.2, 0.25) is 5.91 Å². The lowest BCUT2D eigenvalue weighted by atomic mass is 9.55. The molecule has 2 aromatic rings. The molecule has 1 N–H and O–H groups in total. The predicted molar refractivity (Wildman–Crippen MR) is 156 cm³/mol. The molecule has 2 aliphatic carbocycles. The fourth-order valence-corrected chi connectivity index (χ4v) is 6.82. The number of hydrogen-bond donors (Lipinski definition) is 1. The number of nitrogens with zero attached hydrogens (tertiary/aromatic N) is 1. The molecule has 2 aromatic carbocycles. The Bertz CT molecular complexity index is 1320. The molecular formula is C33H40N2O6. The van der Waals surface area contributed by atoms with Gasteiger partial charge in [-0.25, -0.2) is 0 Å². The Morgan fingerprint density at radius 2 is 1.78 bits per heavy atom. The third kappa shape index (κ3) is 6.64. The third-order valence-electron chi connectivity index (χ3n) is 8.77. The summed E-state index contributed by atoms with van der Waals surface area (Å²) < 4.78 is 17.1. The highest BCUT2D eigenvalue weighted by Crippen LogP contribution is 2.54. The molecule has 1 aliphatic heterocycles. The Kier molecular flexibility index (Phi) is 8.50. The average Bonchev–Trinajstić information content (AvgIpc) is 3.76. The van der Waals surface area contributed by atoms with E-state index in [0.29, 0.717) is 31.6 Å². The van der Waals surface area contributed by atoms with Crippen molar-refractivity contribution in [2.24, 2.45) is 5.92 Å². The molecule has 218 valence electrons. The number of piperidine rings is 1. The van der Waals surface area contributed by atoms with Crippen molar-refractivity contribution in [1.82, 2.24) is 10.2 Å². The zero-order valence-electron chi connectivity index (χ0n) is 24.2. The molecule has 8 heteroatoms. The molecule has 0 bridgehead atoms. The Labute approximate surface area is 242 Å². The molecule has 3 aliphatic rings. The predicted octanol–water partition coefficient (Wildman–Crippen LogP) is 4.66. The van der Waals surface area contributed by atoms with E-state index in [9.17, 15) is 14.4 Å². The van der Waals surface area contributed by atoms with Crippen molar-refractivity contribution >= 4 is 23.9 Å². The summed E-state index contributed by atoms with van der Waals surface area (Å²) in [6.45, 7) is 5.40. The van der Waals surface area contributed by atoms with Gasteiger partial charge < -0.3 is 19.5 Å². The first-order chi connectivity index (χ1) is 19.7. The van der Waals surface area contributed by atoms with Crippen LogP contribution in [0.2, 0.25) is 0 Å². The van der Waals surface area contributed by atoms with Gasteiger partial charge in [-0.3, -0.25) is 19.3 Å². The van der Waals surface area contributed by atoms with Crippen LogP contribution in [0.5, 0.6) is 11.5 Å². The first-order valence-electron chi connectivity index (χ1n) is 14.5. The van der Waals surface area contributed by atoms with E-state index in [1.807, 2.05) is 42.5 Å². The Morgan fingerprint density at radius 3 is 2.51 bits per heavy atom. The van der Waals surface area contributed by atoms with Crippen molar-refractivity contribution in [3.63, 3.8) is 0 Å². The molecule has 8 nitrogen and oxygen atoms in total. The smallest absolute Gasteiger partial charge is 0.308 e. The van der Waals surface area contributed by atoms with Gasteiger partial charge in [0.05, 0.1) is 7.11 Å². The van der Waals surface area contributed by atoms with Crippen LogP contribution < -0.4 is 14.8 Å². The Morgan fingerprint density at radius 1 is 1.00 bits per heavy atom. The fraction of sp³-hybridized carbons (Fsp3) is 0.485. The van der Waals surface area contributed by atoms with Crippen LogP contribution in [0.15, 0.2) is 54.6 Å². The minimum atomic E-state index is -0.752. The molecule has 1 saturated heterocycles. The average molecular weight is 561 g/mol. The number of nitrogens with one attached hydrogen (secondary N) is 1. The second-order valence-corrected chi connectivity index (χ2v) is 11.8. The van der Waals surface area contributed by atoms with E-state index in [0.717, 1.165) is 42.3 Å². The number of amides is 1. The quantitative estimate of drug-likeness (QED) is 0.271. The zero-order valence-corrected chi connectivity index (χ0v) is 24.2. The van der Waals surface area contributed by atoms with Crippen molar-refractivity contribution in [3.05, 3.63) is 65.7 Å². The van der Waals surface area contributed by atoms with Gasteiger partial charge in [-0.15, -0.1) is 0 Å². The lowest BCUT2D eigenvalue weighted by Gasteiger charge is -2.59. The third-order valence-corrected chi connectivity index (χ3v) is 8.77. The summed E-state index contributed by atoms with van der Waals surface area (Å²) in [6.07, 6.45) is 8.52. The van der Waals surface area contributed by atoms with E-state index in [1.165, 1.54) is 26.7 Å². The Balaban J connectivity index is 1.44. The maximum atomic E-state index is 13.1. The summed E-state index contributed by atoms with van der Waals surface area (Å²) in [7, 11) is 1.61. The van der Waals surface area contributed by atoms with Gasteiger partial charge in [-0.1, -0.05) is 24.3 Å². The molecular weight excluding hydrogens is 520 g/mol. The maximum Gasteiger partial charge on any atom is 0.308 e. The van der Waals surface area contributed by atoms with Crippen LogP contribution in [-0.2, 0) is 24.5 Å². The summed E-state index contributed by atoms with van der Waals surface area (Å²) in [5.74, 6) is 1.05. The number of methoxy groups -OCH3 is 1. The van der Waals surface area contributed by atoms with Gasteiger partial charge in [0, 0.05) is 44.5 Å². The van der Waals surface area contributed by atoms with Crippen molar-refractivity contribution in [3.8, 4) is 11.5 Å². The normalized spacial score (nSPS) is 26.2. The van der Waals surface area contributed by atoms with Gasteiger partial charge >= 0.3 is 11.9 Å². The molecule has 0 aromatic heterocycles. The molecule has 2 saturated carbocycles. The van der Waals surface area contributed by atoms with Gasteiger partial charge in [-0.05, 0) is 92.5 Å². The highest BCUT2D eigenvalue weighted by atomic mass is 16.6. The summed E-state index contributed by atoms with van der Waals surface area (Å²) in [5.41, 5.74) is 0.535. The zero-order chi connectivity index (χ0) is 29.0. The molecule has 0 unspecified atom stereocenters. The lowest BCUT2D eigenvalue weighted by Crippen LogP contribution is -2.68. The standard InChI is InChI=1S/C33H40N2O6/c1-23(36)40-30-9-5-7-27(19-30)32-16-17-35(21-26-10-11-26)22-33(32,41-24(2)37)15-14-28(20-32)34-31(38)13-12-25-6-4-8-29(18-25)39-3/h4-9,12-13,18-19,26,28H,10-11,14-17,20-22H2,1-3H3,(H,34,38)/t28-,32-,33-/m0/s1. The van der Waals surface area contributed by atoms with Gasteiger partial charge in [0.15, 0.2) is 0 Å². The number of esters is 2. The molecule has 3 fully saturated rings. The molecule has 3 atom stereocenters. The lowest BCUT2D eigenvalue weighted by molar-refractivity contribution is -0.187. The van der Waals surface area contributed by atoms with Gasteiger partial charge in [-0.2, -0.15) is 0 Å². The number of fused-ring (bicyclic) bond motifs is 1. The number of rotatable bonds is 9. The summed E-state index contributed by atoms with van der Waals surface area (Å²) in [6, 6.07) is 15.0. The highest BCUT2D eigenvalue weighted by molar-refractivity contribution is 5.92. The largest absolute Gasteiger partial charge is 0.497 e. The fourth-order valence-electron chi connectivity index (χ4n) is 6.82. The maximum absolute atomic E-state index is 13.1. The summed E-state index contributed by atoms with van der Waals surface area (Å²) in [4.78, 5) is 39.9. The van der Waals surface area contributed by atoms with Crippen LogP contribution in [0.4, 0.5) is 0 Å². The highest BCUT2D eigenvalue weighted by Gasteiger charge is 2.61. The number of carbonyl (C=O) groups is 3. The second kappa shape index (κ2) is 12.1. The second-order valence-electron chi connectivity index (χ2n) is 11.8. The van der Waals surface area contributed by atoms with Crippen LogP contribution in [0, 0.1) is 5.92 Å². The number of carbonyl (C=O) groups excluding carboxylic acids is 3. The molecule has 1 amide bonds. The molecule has 5 rings (SSSR count). The SMILES string of the molecule is COc1cccc(C=CC(=O)N[C@H]2CC[C@]3(OC(C)=O)CN(CC4CC4)CC[C@@]3(c3cccc(OC(C)=O)c3)C2)c1. The number of likely N-dealkylation sites (tertiary alicyclic amines) is 1. The van der Waals surface area contributed by atoms with E-state index in [2.05, 4.69) is 10.2 Å². The molecule has 0 radical (unpaired) electrons. The minimum Gasteiger partial charge on any atom is -0.497 e. The van der Waals surface area contributed by atoms with Gasteiger partial charge in [0.1, 0.15) is 17.1 Å². The number of hydrogen-bond acceptors (Lipinski definition) is 7. The van der Waals surface area contributed by atoms with E-state index < -0.39 is 11.0 Å². The van der Waals surface area contributed by atoms with E-state index in [4.69, 9.17) is 14.2 Å². The van der Waals surface area contributed by atoms with Crippen LogP contribution in [0.1, 0.15) is 63.5 Å². The van der Waals surface area contributed by atoms with Crippen LogP contribution in [0.25, 0.3) is 6.08 Å². The van der Waals surface area contributed by atoms with Crippen molar-refractivity contribution in [2.75, 3.05) is 26.7 Å². The van der Waals surface area contributed by atoms with Crippen molar-refractivity contribution in [1.29, 1.82) is 0 Å². The molecule has 1 heterocycles. The van der Waals surface area contributed by atoms with Crippen molar-refractivity contribution in [2.45, 2.75) is 69.4 Å². The molecule has 0 spiro atoms. The number of benzene rings is 2. The van der Waals surface area contributed by atoms with E-state index >= 15 is 0 Å². The molecule has 41 heavy (non-hydrogen) atoms. The Hall–Kier alpha value is -3.65. The topological polar surface area (TPSA) is 94.2 Å². The first-order valence-corrected chi connectivity index (χ1v) is 14.5. The van der Waals surface area contributed by atoms with E-state index in [-0.39, 0.29) is 23.9 Å². The van der Waals surface area contributed by atoms with Crippen LogP contribution >= 0.6 is 0 Å². The van der Waals surface area contributed by atoms with Crippen molar-refractivity contribution < 1.29 is 28.6 Å².